The van der Waals surface area contributed by atoms with E-state index in [4.69, 9.17) is 11.6 Å². The molecule has 1 N–H and O–H groups in total. The van der Waals surface area contributed by atoms with Crippen molar-refractivity contribution >= 4 is 38.9 Å². The van der Waals surface area contributed by atoms with Crippen LogP contribution in [0.25, 0.3) is 0 Å². The number of benzene rings is 1. The van der Waals surface area contributed by atoms with Crippen LogP contribution in [0.5, 0.6) is 0 Å². The van der Waals surface area contributed by atoms with Crippen LogP contribution in [-0.2, 0) is 6.42 Å². The Morgan fingerprint density at radius 1 is 1.37 bits per heavy atom. The monoisotopic (exact) mass is 361 g/mol. The van der Waals surface area contributed by atoms with Crippen molar-refractivity contribution in [3.63, 3.8) is 0 Å². The molecule has 2 rings (SSSR count). The van der Waals surface area contributed by atoms with Crippen molar-refractivity contribution in [1.29, 1.82) is 0 Å². The van der Waals surface area contributed by atoms with E-state index >= 15 is 0 Å². The predicted octanol–water partition coefficient (Wildman–Crippen LogP) is 5.20. The van der Waals surface area contributed by atoms with Crippen LogP contribution in [0.2, 0.25) is 4.34 Å². The third-order valence-electron chi connectivity index (χ3n) is 2.81. The van der Waals surface area contributed by atoms with E-state index in [0.29, 0.717) is 0 Å². The second-order valence-electron chi connectivity index (χ2n) is 4.21. The number of nitrogens with one attached hydrogen (secondary N) is 1. The second kappa shape index (κ2) is 6.84. The van der Waals surface area contributed by atoms with Gasteiger partial charge in [0.1, 0.15) is 10.2 Å². The summed E-state index contributed by atoms with van der Waals surface area (Å²) in [6.07, 6.45) is 0.817. The summed E-state index contributed by atoms with van der Waals surface area (Å²) >= 11 is 11.1. The first-order chi connectivity index (χ1) is 9.10. The van der Waals surface area contributed by atoms with Crippen molar-refractivity contribution in [3.05, 3.63) is 55.4 Å². The van der Waals surface area contributed by atoms with Crippen LogP contribution in [-0.4, -0.2) is 6.54 Å². The first kappa shape index (κ1) is 15.0. The molecule has 1 aromatic carbocycles. The van der Waals surface area contributed by atoms with Gasteiger partial charge in [0.15, 0.2) is 0 Å². The fourth-order valence-electron chi connectivity index (χ4n) is 1.91. The molecule has 0 bridgehead atoms. The Morgan fingerprint density at radius 3 is 2.58 bits per heavy atom. The Kier molecular flexibility index (Phi) is 5.39. The van der Waals surface area contributed by atoms with Gasteiger partial charge in [0.05, 0.1) is 0 Å². The summed E-state index contributed by atoms with van der Waals surface area (Å²) in [6.45, 7) is 2.95. The van der Waals surface area contributed by atoms with Crippen molar-refractivity contribution < 1.29 is 4.39 Å². The number of hydrogen-bond acceptors (Lipinski definition) is 2. The molecule has 19 heavy (non-hydrogen) atoms. The predicted molar refractivity (Wildman–Crippen MR) is 83.6 cm³/mol. The Morgan fingerprint density at radius 2 is 2.05 bits per heavy atom. The lowest BCUT2D eigenvalue weighted by Crippen LogP contribution is -2.22. The number of thiophene rings is 1. The van der Waals surface area contributed by atoms with Gasteiger partial charge in [-0.2, -0.15) is 0 Å². The molecule has 1 atom stereocenters. The fraction of sp³-hybridized carbons (Fsp3) is 0.286. The van der Waals surface area contributed by atoms with E-state index in [1.54, 1.807) is 11.3 Å². The molecule has 0 amide bonds. The smallest absolute Gasteiger partial charge is 0.123 e. The van der Waals surface area contributed by atoms with E-state index in [-0.39, 0.29) is 11.9 Å². The largest absolute Gasteiger partial charge is 0.309 e. The van der Waals surface area contributed by atoms with Crippen LogP contribution in [0.15, 0.2) is 34.8 Å². The maximum atomic E-state index is 12.9. The maximum Gasteiger partial charge on any atom is 0.123 e. The Labute approximate surface area is 129 Å². The molecule has 0 aliphatic rings. The topological polar surface area (TPSA) is 12.0 Å². The quantitative estimate of drug-likeness (QED) is 0.771. The van der Waals surface area contributed by atoms with Crippen LogP contribution < -0.4 is 5.32 Å². The van der Waals surface area contributed by atoms with Crippen molar-refractivity contribution in [1.82, 2.24) is 5.32 Å². The Hall–Kier alpha value is -0.420. The molecule has 2 aromatic rings. The standard InChI is InChI=1S/C14H14BrClFNS/c1-2-18-12(13-8-11(15)14(16)19-13)7-9-3-5-10(17)6-4-9/h3-6,8,12,18H,2,7H2,1H3. The minimum absolute atomic E-state index is 0.198. The van der Waals surface area contributed by atoms with Gasteiger partial charge in [-0.1, -0.05) is 30.7 Å². The van der Waals surface area contributed by atoms with Gasteiger partial charge in [-0.3, -0.25) is 0 Å². The third-order valence-corrected chi connectivity index (χ3v) is 5.40. The first-order valence-electron chi connectivity index (χ1n) is 6.02. The number of likely N-dealkylation sites (N-methyl/N-ethyl adjacent to an activating group) is 1. The van der Waals surface area contributed by atoms with Crippen LogP contribution in [0.3, 0.4) is 0 Å². The van der Waals surface area contributed by atoms with Gasteiger partial charge in [-0.05, 0) is 52.7 Å². The van der Waals surface area contributed by atoms with Crippen LogP contribution >= 0.6 is 38.9 Å². The molecule has 1 aromatic heterocycles. The highest BCUT2D eigenvalue weighted by Crippen LogP contribution is 2.36. The lowest BCUT2D eigenvalue weighted by atomic mass is 10.0. The van der Waals surface area contributed by atoms with E-state index in [1.807, 2.05) is 18.2 Å². The van der Waals surface area contributed by atoms with Crippen LogP contribution in [0.1, 0.15) is 23.4 Å². The minimum atomic E-state index is -0.203. The lowest BCUT2D eigenvalue weighted by molar-refractivity contribution is 0.557. The summed E-state index contributed by atoms with van der Waals surface area (Å²) in [5.41, 5.74) is 1.10. The molecule has 1 unspecified atom stereocenters. The molecule has 102 valence electrons. The van der Waals surface area contributed by atoms with E-state index in [1.165, 1.54) is 17.0 Å². The molecule has 0 radical (unpaired) electrons. The summed E-state index contributed by atoms with van der Waals surface area (Å²) in [7, 11) is 0. The van der Waals surface area contributed by atoms with Crippen molar-refractivity contribution in [2.24, 2.45) is 0 Å². The van der Waals surface area contributed by atoms with E-state index < -0.39 is 0 Å². The molecule has 0 spiro atoms. The third kappa shape index (κ3) is 4.02. The Balaban J connectivity index is 2.18. The molecule has 0 saturated heterocycles. The summed E-state index contributed by atoms with van der Waals surface area (Å²) in [4.78, 5) is 1.18. The molecule has 5 heteroatoms. The van der Waals surface area contributed by atoms with Crippen molar-refractivity contribution in [2.45, 2.75) is 19.4 Å². The molecule has 1 heterocycles. The van der Waals surface area contributed by atoms with Gasteiger partial charge >= 0.3 is 0 Å². The number of hydrogen-bond donors (Lipinski definition) is 1. The molecule has 0 aliphatic heterocycles. The van der Waals surface area contributed by atoms with Crippen LogP contribution in [0.4, 0.5) is 4.39 Å². The summed E-state index contributed by atoms with van der Waals surface area (Å²) < 4.78 is 14.6. The minimum Gasteiger partial charge on any atom is -0.309 e. The SMILES string of the molecule is CCNC(Cc1ccc(F)cc1)c1cc(Br)c(Cl)s1. The van der Waals surface area contributed by atoms with Gasteiger partial charge in [0, 0.05) is 15.4 Å². The molecule has 0 aliphatic carbocycles. The van der Waals surface area contributed by atoms with Gasteiger partial charge in [-0.15, -0.1) is 11.3 Å². The lowest BCUT2D eigenvalue weighted by Gasteiger charge is -2.16. The van der Waals surface area contributed by atoms with Crippen molar-refractivity contribution in [3.8, 4) is 0 Å². The van der Waals surface area contributed by atoms with Gasteiger partial charge in [0.25, 0.3) is 0 Å². The van der Waals surface area contributed by atoms with Crippen molar-refractivity contribution in [2.75, 3.05) is 6.54 Å². The summed E-state index contributed by atoms with van der Waals surface area (Å²) in [5.74, 6) is -0.203. The van der Waals surface area contributed by atoms with Crippen LogP contribution in [0, 0.1) is 5.82 Å². The zero-order chi connectivity index (χ0) is 13.8. The number of rotatable bonds is 5. The van der Waals surface area contributed by atoms with Gasteiger partial charge in [0.2, 0.25) is 0 Å². The molecular formula is C14H14BrClFNS. The van der Waals surface area contributed by atoms with Gasteiger partial charge in [-0.25, -0.2) is 4.39 Å². The number of halogens is 3. The fourth-order valence-corrected chi connectivity index (χ4v) is 3.72. The highest BCUT2D eigenvalue weighted by Gasteiger charge is 2.15. The molecular weight excluding hydrogens is 349 g/mol. The highest BCUT2D eigenvalue weighted by atomic mass is 79.9. The normalized spacial score (nSPS) is 12.6. The molecule has 1 nitrogen and oxygen atoms in total. The zero-order valence-electron chi connectivity index (χ0n) is 10.4. The van der Waals surface area contributed by atoms with E-state index in [0.717, 1.165) is 27.3 Å². The Bertz CT molecular complexity index is 521. The summed E-state index contributed by atoms with van der Waals surface area (Å²) in [5, 5.41) is 3.44. The average Bonchev–Trinajstić information content (AvgIpc) is 2.72. The van der Waals surface area contributed by atoms with E-state index in [2.05, 4.69) is 28.2 Å². The maximum absolute atomic E-state index is 12.9. The summed E-state index contributed by atoms with van der Waals surface area (Å²) in [6, 6.07) is 8.88. The molecule has 0 fully saturated rings. The molecule has 0 saturated carbocycles. The highest BCUT2D eigenvalue weighted by molar-refractivity contribution is 9.10. The first-order valence-corrected chi connectivity index (χ1v) is 8.01. The second-order valence-corrected chi connectivity index (χ2v) is 6.75. The van der Waals surface area contributed by atoms with E-state index in [9.17, 15) is 4.39 Å². The van der Waals surface area contributed by atoms with Gasteiger partial charge < -0.3 is 5.32 Å². The average molecular weight is 363 g/mol. The zero-order valence-corrected chi connectivity index (χ0v) is 13.6.